The lowest BCUT2D eigenvalue weighted by molar-refractivity contribution is 0.390. The molecular formula is C17H16N2O3S3. The van der Waals surface area contributed by atoms with Crippen molar-refractivity contribution in [3.63, 3.8) is 0 Å². The molecule has 1 unspecified atom stereocenters. The zero-order chi connectivity index (χ0) is 17.8. The summed E-state index contributed by atoms with van der Waals surface area (Å²) in [5.74, 6) is 0.219. The lowest BCUT2D eigenvalue weighted by Crippen LogP contribution is -2.10. The molecule has 1 N–H and O–H groups in total. The maximum Gasteiger partial charge on any atom is 0.210 e. The van der Waals surface area contributed by atoms with Gasteiger partial charge in [-0.1, -0.05) is 18.2 Å². The number of aromatic hydroxyl groups is 1. The molecule has 5 nitrogen and oxygen atoms in total. The normalized spacial score (nSPS) is 23.0. The van der Waals surface area contributed by atoms with Gasteiger partial charge in [-0.3, -0.25) is 9.56 Å². The van der Waals surface area contributed by atoms with Crippen LogP contribution in [0.3, 0.4) is 0 Å². The number of allylic oxidation sites excluding steroid dienone is 1. The molecule has 1 aromatic heterocycles. The van der Waals surface area contributed by atoms with Crippen molar-refractivity contribution >= 4 is 56.4 Å². The minimum atomic E-state index is -3.05. The summed E-state index contributed by atoms with van der Waals surface area (Å²) in [6.07, 6.45) is 2.38. The maximum absolute atomic E-state index is 11.7. The van der Waals surface area contributed by atoms with Gasteiger partial charge >= 0.3 is 0 Å². The summed E-state index contributed by atoms with van der Waals surface area (Å²) in [6, 6.07) is 7.56. The van der Waals surface area contributed by atoms with E-state index in [1.54, 1.807) is 4.57 Å². The van der Waals surface area contributed by atoms with Gasteiger partial charge in [0.2, 0.25) is 5.88 Å². The van der Waals surface area contributed by atoms with Crippen molar-refractivity contribution in [1.29, 1.82) is 0 Å². The minimum absolute atomic E-state index is 0.0327. The molecule has 3 heterocycles. The van der Waals surface area contributed by atoms with Crippen LogP contribution in [0.2, 0.25) is 0 Å². The minimum Gasteiger partial charge on any atom is -0.493 e. The lowest BCUT2D eigenvalue weighted by Gasteiger charge is -2.11. The van der Waals surface area contributed by atoms with Crippen LogP contribution in [0.1, 0.15) is 29.8 Å². The third-order valence-electron chi connectivity index (χ3n) is 4.56. The second-order valence-electron chi connectivity index (χ2n) is 6.26. The van der Waals surface area contributed by atoms with E-state index in [4.69, 9.17) is 12.2 Å². The van der Waals surface area contributed by atoms with Crippen molar-refractivity contribution in [3.05, 3.63) is 38.7 Å². The fraction of sp³-hybridized carbons (Fsp3) is 0.294. The van der Waals surface area contributed by atoms with Crippen LogP contribution >= 0.6 is 23.6 Å². The Morgan fingerprint density at radius 2 is 2.16 bits per heavy atom. The molecule has 8 heteroatoms. The van der Waals surface area contributed by atoms with Gasteiger partial charge in [-0.15, -0.1) is 11.3 Å². The van der Waals surface area contributed by atoms with Crippen LogP contribution in [0.15, 0.2) is 29.3 Å². The molecule has 4 rings (SSSR count). The molecule has 0 spiro atoms. The number of hydrogen-bond acceptors (Lipinski definition) is 6. The molecule has 2 aliphatic heterocycles. The first-order chi connectivity index (χ1) is 11.9. The van der Waals surface area contributed by atoms with Crippen LogP contribution in [0.4, 0.5) is 5.69 Å². The third-order valence-corrected chi connectivity index (χ3v) is 7.65. The molecule has 0 saturated carbocycles. The molecule has 1 aromatic carbocycles. The van der Waals surface area contributed by atoms with E-state index < -0.39 is 9.84 Å². The summed E-state index contributed by atoms with van der Waals surface area (Å²) in [7, 11) is -3.05. The van der Waals surface area contributed by atoms with Crippen molar-refractivity contribution < 1.29 is 13.5 Å². The Hall–Kier alpha value is -1.77. The van der Waals surface area contributed by atoms with E-state index in [2.05, 4.69) is 4.99 Å². The van der Waals surface area contributed by atoms with E-state index in [0.29, 0.717) is 15.3 Å². The van der Waals surface area contributed by atoms with Gasteiger partial charge in [0.05, 0.1) is 28.1 Å². The number of aromatic nitrogens is 1. The average Bonchev–Trinajstić information content (AvgIpc) is 3.15. The standard InChI is InChI=1S/C17H16N2O3S3/c1-10-13(12-4-2-3-5-14(12)18-10)8-15-16(20)19(17(23)24-15)11-6-7-25(21,22)9-11/h2-5,8,11,20H,6-7,9H2,1H3/b13-8+. The van der Waals surface area contributed by atoms with Crippen molar-refractivity contribution in [1.82, 2.24) is 4.57 Å². The first kappa shape index (κ1) is 16.7. The molecule has 1 atom stereocenters. The first-order valence-electron chi connectivity index (χ1n) is 7.87. The summed E-state index contributed by atoms with van der Waals surface area (Å²) in [4.78, 5) is 5.18. The molecule has 1 saturated heterocycles. The van der Waals surface area contributed by atoms with Crippen LogP contribution in [0, 0.1) is 3.95 Å². The van der Waals surface area contributed by atoms with Crippen LogP contribution in [-0.4, -0.2) is 35.3 Å². The lowest BCUT2D eigenvalue weighted by atomic mass is 10.0. The van der Waals surface area contributed by atoms with Gasteiger partial charge < -0.3 is 5.11 Å². The van der Waals surface area contributed by atoms with Gasteiger partial charge in [0.15, 0.2) is 13.8 Å². The van der Waals surface area contributed by atoms with Crippen molar-refractivity contribution in [3.8, 4) is 5.88 Å². The van der Waals surface area contributed by atoms with Crippen molar-refractivity contribution in [2.24, 2.45) is 4.99 Å². The largest absolute Gasteiger partial charge is 0.493 e. The number of sulfone groups is 1. The molecule has 2 aliphatic rings. The van der Waals surface area contributed by atoms with Gasteiger partial charge in [-0.2, -0.15) is 0 Å². The molecule has 130 valence electrons. The molecule has 1 fully saturated rings. The second kappa shape index (κ2) is 5.89. The van der Waals surface area contributed by atoms with E-state index in [1.165, 1.54) is 11.3 Å². The monoisotopic (exact) mass is 392 g/mol. The highest BCUT2D eigenvalue weighted by Gasteiger charge is 2.32. The van der Waals surface area contributed by atoms with E-state index in [9.17, 15) is 13.5 Å². The van der Waals surface area contributed by atoms with E-state index >= 15 is 0 Å². The number of thiazole rings is 1. The highest BCUT2D eigenvalue weighted by Crippen LogP contribution is 2.40. The predicted octanol–water partition coefficient (Wildman–Crippen LogP) is 3.99. The topological polar surface area (TPSA) is 71.7 Å². The highest BCUT2D eigenvalue weighted by atomic mass is 32.2. The summed E-state index contributed by atoms with van der Waals surface area (Å²) in [5, 5.41) is 10.7. The number of nitrogens with zero attached hydrogens (tertiary/aromatic N) is 2. The molecule has 2 aromatic rings. The fourth-order valence-electron chi connectivity index (χ4n) is 3.34. The summed E-state index contributed by atoms with van der Waals surface area (Å²) in [5.41, 5.74) is 3.77. The molecule has 0 aliphatic carbocycles. The van der Waals surface area contributed by atoms with Gasteiger partial charge in [-0.05, 0) is 37.7 Å². The Balaban J connectivity index is 1.78. The van der Waals surface area contributed by atoms with Gasteiger partial charge in [0.25, 0.3) is 0 Å². The van der Waals surface area contributed by atoms with E-state index in [1.807, 2.05) is 37.3 Å². The van der Waals surface area contributed by atoms with Gasteiger partial charge in [0.1, 0.15) is 0 Å². The number of hydrogen-bond donors (Lipinski definition) is 1. The fourth-order valence-corrected chi connectivity index (χ4v) is 6.43. The molecular weight excluding hydrogens is 376 g/mol. The van der Waals surface area contributed by atoms with Crippen molar-refractivity contribution in [2.75, 3.05) is 11.5 Å². The zero-order valence-electron chi connectivity index (χ0n) is 13.5. The second-order valence-corrected chi connectivity index (χ2v) is 10.2. The zero-order valence-corrected chi connectivity index (χ0v) is 15.9. The van der Waals surface area contributed by atoms with Crippen LogP contribution in [0.5, 0.6) is 5.88 Å². The van der Waals surface area contributed by atoms with E-state index in [-0.39, 0.29) is 23.4 Å². The van der Waals surface area contributed by atoms with Gasteiger partial charge in [0, 0.05) is 16.8 Å². The third kappa shape index (κ3) is 2.88. The number of benzene rings is 1. The average molecular weight is 393 g/mol. The van der Waals surface area contributed by atoms with Crippen LogP contribution < -0.4 is 0 Å². The highest BCUT2D eigenvalue weighted by molar-refractivity contribution is 7.91. The molecule has 25 heavy (non-hydrogen) atoms. The molecule has 0 bridgehead atoms. The maximum atomic E-state index is 11.7. The Bertz CT molecular complexity index is 1090. The van der Waals surface area contributed by atoms with Gasteiger partial charge in [-0.25, -0.2) is 8.42 Å². The molecule has 0 amide bonds. The Labute approximate surface area is 154 Å². The van der Waals surface area contributed by atoms with Crippen LogP contribution in [-0.2, 0) is 9.84 Å². The predicted molar refractivity (Wildman–Crippen MR) is 104 cm³/mol. The Morgan fingerprint density at radius 3 is 2.88 bits per heavy atom. The number of aliphatic imine (C=N–C) groups is 1. The van der Waals surface area contributed by atoms with Crippen LogP contribution in [0.25, 0.3) is 11.6 Å². The first-order valence-corrected chi connectivity index (χ1v) is 10.9. The number of para-hydroxylation sites is 1. The SMILES string of the molecule is CC1=Nc2ccccc2/C1=C/c1sc(=S)n(C2CCS(=O)(=O)C2)c1O. The Morgan fingerprint density at radius 1 is 1.40 bits per heavy atom. The number of rotatable bonds is 2. The Kier molecular flexibility index (Phi) is 3.93. The smallest absolute Gasteiger partial charge is 0.210 e. The van der Waals surface area contributed by atoms with E-state index in [0.717, 1.165) is 22.5 Å². The summed E-state index contributed by atoms with van der Waals surface area (Å²) in [6.45, 7) is 1.93. The number of fused-ring (bicyclic) bond motifs is 1. The summed E-state index contributed by atoms with van der Waals surface area (Å²) >= 11 is 6.68. The molecule has 0 radical (unpaired) electrons. The summed E-state index contributed by atoms with van der Waals surface area (Å²) < 4.78 is 25.6. The van der Waals surface area contributed by atoms with Crippen molar-refractivity contribution in [2.45, 2.75) is 19.4 Å². The quantitative estimate of drug-likeness (QED) is 0.785.